The minimum atomic E-state index is -0.985. The molecule has 2 aromatic rings. The van der Waals surface area contributed by atoms with E-state index in [4.69, 9.17) is 5.11 Å². The number of imidazole rings is 1. The van der Waals surface area contributed by atoms with E-state index in [1.165, 1.54) is 22.9 Å². The van der Waals surface area contributed by atoms with Crippen LogP contribution in [0.5, 0.6) is 0 Å². The molecule has 0 spiro atoms. The Balaban J connectivity index is 2.07. The first-order valence-corrected chi connectivity index (χ1v) is 5.72. The molecule has 1 aromatic carbocycles. The number of fused-ring (bicyclic) bond motifs is 1. The zero-order chi connectivity index (χ0) is 12.7. The monoisotopic (exact) mass is 240 g/mol. The third kappa shape index (κ3) is 1.54. The van der Waals surface area contributed by atoms with E-state index < -0.39 is 5.97 Å². The smallest absolute Gasteiger partial charge is 0.353 e. The first-order valence-electron chi connectivity index (χ1n) is 5.72. The Labute approximate surface area is 104 Å². The van der Waals surface area contributed by atoms with Crippen LogP contribution >= 0.6 is 0 Å². The van der Waals surface area contributed by atoms with E-state index in [1.807, 2.05) is 19.1 Å². The van der Waals surface area contributed by atoms with Crippen molar-refractivity contribution in [1.29, 1.82) is 0 Å². The molecule has 1 aliphatic rings. The molecule has 90 valence electrons. The van der Waals surface area contributed by atoms with Crippen LogP contribution in [-0.4, -0.2) is 21.0 Å². The summed E-state index contributed by atoms with van der Waals surface area (Å²) in [6, 6.07) is 8.09. The van der Waals surface area contributed by atoms with Gasteiger partial charge in [0.25, 0.3) is 0 Å². The molecule has 1 aliphatic carbocycles. The molecule has 4 nitrogen and oxygen atoms in total. The van der Waals surface area contributed by atoms with Gasteiger partial charge in [-0.25, -0.2) is 9.78 Å². The lowest BCUT2D eigenvalue weighted by Gasteiger charge is -2.11. The topological polar surface area (TPSA) is 66.0 Å². The van der Waals surface area contributed by atoms with Gasteiger partial charge in [0.15, 0.2) is 0 Å². The fraction of sp³-hybridized carbons (Fsp3) is 0.143. The van der Waals surface area contributed by atoms with E-state index in [-0.39, 0.29) is 11.6 Å². The maximum Gasteiger partial charge on any atom is 0.353 e. The van der Waals surface area contributed by atoms with Gasteiger partial charge in [-0.15, -0.1) is 0 Å². The van der Waals surface area contributed by atoms with Crippen molar-refractivity contribution in [3.63, 3.8) is 0 Å². The van der Waals surface area contributed by atoms with Gasteiger partial charge in [-0.05, 0) is 18.1 Å². The van der Waals surface area contributed by atoms with E-state index in [0.29, 0.717) is 5.82 Å². The first-order chi connectivity index (χ1) is 8.66. The summed E-state index contributed by atoms with van der Waals surface area (Å²) in [5.74, 6) is -0.262. The summed E-state index contributed by atoms with van der Waals surface area (Å²) in [5.41, 5.74) is 3.64. The maximum absolute atomic E-state index is 10.9. The van der Waals surface area contributed by atoms with Crippen LogP contribution in [0.2, 0.25) is 0 Å². The highest BCUT2D eigenvalue weighted by Gasteiger charge is 2.26. The number of allylic oxidation sites excluding steroid dienone is 1. The summed E-state index contributed by atoms with van der Waals surface area (Å²) in [4.78, 5) is 17.9. The molecule has 0 radical (unpaired) electrons. The van der Waals surface area contributed by atoms with Crippen molar-refractivity contribution in [2.75, 3.05) is 0 Å². The number of carbonyl (C=O) groups is 1. The number of nitrogens with zero attached hydrogens (tertiary/aromatic N) is 1. The van der Waals surface area contributed by atoms with Crippen LogP contribution in [0.3, 0.4) is 0 Å². The summed E-state index contributed by atoms with van der Waals surface area (Å²) in [5, 5.41) is 8.92. The van der Waals surface area contributed by atoms with Crippen LogP contribution in [0.15, 0.2) is 36.0 Å². The average molecular weight is 240 g/mol. The summed E-state index contributed by atoms with van der Waals surface area (Å²) in [6.07, 6.45) is 3.48. The van der Waals surface area contributed by atoms with Crippen molar-refractivity contribution < 1.29 is 9.90 Å². The van der Waals surface area contributed by atoms with Crippen molar-refractivity contribution in [2.24, 2.45) is 0 Å². The number of benzene rings is 1. The summed E-state index contributed by atoms with van der Waals surface area (Å²) in [6.45, 7) is 2.04. The fourth-order valence-electron chi connectivity index (χ4n) is 2.43. The van der Waals surface area contributed by atoms with Crippen molar-refractivity contribution in [3.05, 3.63) is 58.7 Å². The predicted octanol–water partition coefficient (Wildman–Crippen LogP) is 2.66. The lowest BCUT2D eigenvalue weighted by atomic mass is 9.96. The Bertz CT molecular complexity index is 655. The van der Waals surface area contributed by atoms with Gasteiger partial charge >= 0.3 is 5.97 Å². The maximum atomic E-state index is 10.9. The average Bonchev–Trinajstić information content (AvgIpc) is 2.91. The SMILES string of the molecule is CC1=Cc2ccccc2C1c1ncc(C(=O)O)[nH]1. The first kappa shape index (κ1) is 10.8. The van der Waals surface area contributed by atoms with Crippen LogP contribution in [-0.2, 0) is 0 Å². The highest BCUT2D eigenvalue weighted by Crippen LogP contribution is 2.39. The number of aromatic amines is 1. The molecule has 18 heavy (non-hydrogen) atoms. The van der Waals surface area contributed by atoms with Crippen molar-refractivity contribution in [2.45, 2.75) is 12.8 Å². The molecule has 3 rings (SSSR count). The summed E-state index contributed by atoms with van der Waals surface area (Å²) in [7, 11) is 0. The zero-order valence-electron chi connectivity index (χ0n) is 9.84. The van der Waals surface area contributed by atoms with Gasteiger partial charge in [-0.1, -0.05) is 35.9 Å². The molecule has 2 N–H and O–H groups in total. The van der Waals surface area contributed by atoms with Crippen molar-refractivity contribution in [3.8, 4) is 0 Å². The van der Waals surface area contributed by atoms with Crippen LogP contribution in [0.4, 0.5) is 0 Å². The van der Waals surface area contributed by atoms with E-state index in [0.717, 1.165) is 0 Å². The molecule has 0 fully saturated rings. The molecule has 4 heteroatoms. The lowest BCUT2D eigenvalue weighted by Crippen LogP contribution is -2.03. The van der Waals surface area contributed by atoms with E-state index in [2.05, 4.69) is 28.2 Å². The second-order valence-corrected chi connectivity index (χ2v) is 4.44. The molecular weight excluding hydrogens is 228 g/mol. The number of aromatic nitrogens is 2. The fourth-order valence-corrected chi connectivity index (χ4v) is 2.43. The molecular formula is C14H12N2O2. The van der Waals surface area contributed by atoms with Gasteiger partial charge in [0.2, 0.25) is 0 Å². The van der Waals surface area contributed by atoms with Gasteiger partial charge in [0, 0.05) is 0 Å². The van der Waals surface area contributed by atoms with Gasteiger partial charge in [0.05, 0.1) is 12.1 Å². The second kappa shape index (κ2) is 3.84. The lowest BCUT2D eigenvalue weighted by molar-refractivity contribution is 0.0691. The minimum absolute atomic E-state index is 0.0364. The zero-order valence-corrected chi connectivity index (χ0v) is 9.84. The van der Waals surface area contributed by atoms with Gasteiger partial charge in [0.1, 0.15) is 11.5 Å². The van der Waals surface area contributed by atoms with E-state index in [1.54, 1.807) is 0 Å². The Morgan fingerprint density at radius 1 is 1.39 bits per heavy atom. The Morgan fingerprint density at radius 2 is 2.17 bits per heavy atom. The Kier molecular flexibility index (Phi) is 2.30. The summed E-state index contributed by atoms with van der Waals surface area (Å²) >= 11 is 0. The Morgan fingerprint density at radius 3 is 2.89 bits per heavy atom. The minimum Gasteiger partial charge on any atom is -0.477 e. The molecule has 1 aromatic heterocycles. The number of H-pyrrole nitrogens is 1. The van der Waals surface area contributed by atoms with Gasteiger partial charge in [-0.2, -0.15) is 0 Å². The second-order valence-electron chi connectivity index (χ2n) is 4.44. The normalized spacial score (nSPS) is 17.4. The van der Waals surface area contributed by atoms with Crippen LogP contribution < -0.4 is 0 Å². The molecule has 0 bridgehead atoms. The largest absolute Gasteiger partial charge is 0.477 e. The standard InChI is InChI=1S/C14H12N2O2/c1-8-6-9-4-2-3-5-10(9)12(8)13-15-7-11(16-13)14(17)18/h2-7,12H,1H3,(H,15,16)(H,17,18). The molecule has 0 saturated heterocycles. The van der Waals surface area contributed by atoms with Crippen molar-refractivity contribution in [1.82, 2.24) is 9.97 Å². The number of hydrogen-bond donors (Lipinski definition) is 2. The highest BCUT2D eigenvalue weighted by atomic mass is 16.4. The van der Waals surface area contributed by atoms with E-state index in [9.17, 15) is 4.79 Å². The quantitative estimate of drug-likeness (QED) is 0.848. The van der Waals surface area contributed by atoms with E-state index >= 15 is 0 Å². The molecule has 1 atom stereocenters. The Hall–Kier alpha value is -2.36. The number of rotatable bonds is 2. The van der Waals surface area contributed by atoms with Crippen molar-refractivity contribution >= 4 is 12.0 Å². The van der Waals surface area contributed by atoms with Crippen LogP contribution in [0, 0.1) is 0 Å². The number of carboxylic acid groups (broad SMARTS) is 1. The molecule has 1 heterocycles. The number of aromatic carboxylic acids is 1. The third-order valence-corrected chi connectivity index (χ3v) is 3.24. The molecule has 1 unspecified atom stereocenters. The van der Waals surface area contributed by atoms with Gasteiger partial charge < -0.3 is 10.1 Å². The molecule has 0 saturated carbocycles. The number of carboxylic acids is 1. The third-order valence-electron chi connectivity index (χ3n) is 3.24. The number of hydrogen-bond acceptors (Lipinski definition) is 2. The molecule has 0 aliphatic heterocycles. The summed E-state index contributed by atoms with van der Waals surface area (Å²) < 4.78 is 0. The van der Waals surface area contributed by atoms with Crippen LogP contribution in [0.25, 0.3) is 6.08 Å². The predicted molar refractivity (Wildman–Crippen MR) is 67.5 cm³/mol. The molecule has 0 amide bonds. The van der Waals surface area contributed by atoms with Crippen LogP contribution in [0.1, 0.15) is 40.3 Å². The number of nitrogens with one attached hydrogen (secondary N) is 1. The highest BCUT2D eigenvalue weighted by molar-refractivity contribution is 5.85. The van der Waals surface area contributed by atoms with Gasteiger partial charge in [-0.3, -0.25) is 0 Å².